The van der Waals surface area contributed by atoms with Crippen molar-refractivity contribution in [1.29, 1.82) is 0 Å². The second kappa shape index (κ2) is 7.68. The number of hydrogen-bond acceptors (Lipinski definition) is 3. The smallest absolute Gasteiger partial charge is 0.405 e. The molecule has 0 spiro atoms. The van der Waals surface area contributed by atoms with Gasteiger partial charge in [0, 0.05) is 25.7 Å². The number of carbonyl (C=O) groups excluding carboxylic acids is 1. The summed E-state index contributed by atoms with van der Waals surface area (Å²) in [5.74, 6) is -0.474. The summed E-state index contributed by atoms with van der Waals surface area (Å²) in [5.41, 5.74) is 5.36. The highest BCUT2D eigenvalue weighted by atomic mass is 19.4. The van der Waals surface area contributed by atoms with Gasteiger partial charge in [-0.15, -0.1) is 13.2 Å². The standard InChI is InChI=1S/C16H23F3N2O2/c1-4-15(5-2,11-20)14(22)21(3)10-12-8-6-7-9-13(12)23-16(17,18)19/h6-9H,4-5,10-11,20H2,1-3H3. The summed E-state index contributed by atoms with van der Waals surface area (Å²) in [7, 11) is 1.56. The van der Waals surface area contributed by atoms with Gasteiger partial charge < -0.3 is 15.4 Å². The third kappa shape index (κ3) is 4.86. The fourth-order valence-corrected chi connectivity index (χ4v) is 2.52. The van der Waals surface area contributed by atoms with Crippen LogP contribution in [0.15, 0.2) is 24.3 Å². The second-order valence-corrected chi connectivity index (χ2v) is 5.51. The molecule has 2 N–H and O–H groups in total. The molecule has 130 valence electrons. The van der Waals surface area contributed by atoms with Crippen molar-refractivity contribution in [2.24, 2.45) is 11.1 Å². The van der Waals surface area contributed by atoms with Crippen LogP contribution < -0.4 is 10.5 Å². The summed E-state index contributed by atoms with van der Waals surface area (Å²) in [6, 6.07) is 5.80. The number of para-hydroxylation sites is 1. The fourth-order valence-electron chi connectivity index (χ4n) is 2.52. The van der Waals surface area contributed by atoms with Crippen molar-refractivity contribution in [1.82, 2.24) is 4.90 Å². The first-order valence-electron chi connectivity index (χ1n) is 7.48. The van der Waals surface area contributed by atoms with Crippen LogP contribution in [0.5, 0.6) is 5.75 Å². The van der Waals surface area contributed by atoms with Crippen LogP contribution in [-0.4, -0.2) is 30.8 Å². The predicted octanol–water partition coefficient (Wildman–Crippen LogP) is 3.31. The first-order chi connectivity index (χ1) is 10.7. The molecule has 0 heterocycles. The molecule has 0 aromatic heterocycles. The maximum absolute atomic E-state index is 12.6. The number of amides is 1. The molecule has 1 aromatic rings. The highest BCUT2D eigenvalue weighted by molar-refractivity contribution is 5.82. The number of carbonyl (C=O) groups is 1. The van der Waals surface area contributed by atoms with E-state index in [2.05, 4.69) is 4.74 Å². The van der Waals surface area contributed by atoms with E-state index in [0.29, 0.717) is 18.4 Å². The Morgan fingerprint density at radius 1 is 1.22 bits per heavy atom. The Balaban J connectivity index is 2.97. The van der Waals surface area contributed by atoms with E-state index in [1.165, 1.54) is 23.1 Å². The quantitative estimate of drug-likeness (QED) is 0.833. The van der Waals surface area contributed by atoms with Gasteiger partial charge in [0.25, 0.3) is 0 Å². The van der Waals surface area contributed by atoms with Crippen molar-refractivity contribution in [3.05, 3.63) is 29.8 Å². The summed E-state index contributed by atoms with van der Waals surface area (Å²) < 4.78 is 41.4. The van der Waals surface area contributed by atoms with Crippen molar-refractivity contribution in [2.75, 3.05) is 13.6 Å². The van der Waals surface area contributed by atoms with Crippen molar-refractivity contribution < 1.29 is 22.7 Å². The minimum atomic E-state index is -4.77. The number of nitrogens with two attached hydrogens (primary N) is 1. The van der Waals surface area contributed by atoms with Crippen LogP contribution >= 0.6 is 0 Å². The van der Waals surface area contributed by atoms with Gasteiger partial charge in [-0.1, -0.05) is 32.0 Å². The SMILES string of the molecule is CCC(CC)(CN)C(=O)N(C)Cc1ccccc1OC(F)(F)F. The first kappa shape index (κ1) is 19.3. The molecule has 0 unspecified atom stereocenters. The zero-order valence-corrected chi connectivity index (χ0v) is 13.6. The molecule has 0 aliphatic rings. The molecule has 0 saturated carbocycles. The highest BCUT2D eigenvalue weighted by Gasteiger charge is 2.36. The van der Waals surface area contributed by atoms with Crippen molar-refractivity contribution in [3.63, 3.8) is 0 Å². The third-order valence-electron chi connectivity index (χ3n) is 4.15. The molecule has 23 heavy (non-hydrogen) atoms. The molecule has 0 atom stereocenters. The molecule has 4 nitrogen and oxygen atoms in total. The van der Waals surface area contributed by atoms with E-state index in [1.54, 1.807) is 13.1 Å². The summed E-state index contributed by atoms with van der Waals surface area (Å²) in [5, 5.41) is 0. The van der Waals surface area contributed by atoms with Crippen LogP contribution in [-0.2, 0) is 11.3 Å². The molecule has 0 saturated heterocycles. The van der Waals surface area contributed by atoms with E-state index in [9.17, 15) is 18.0 Å². The van der Waals surface area contributed by atoms with E-state index in [1.807, 2.05) is 13.8 Å². The topological polar surface area (TPSA) is 55.6 Å². The number of ether oxygens (including phenoxy) is 1. The molecule has 1 amide bonds. The van der Waals surface area contributed by atoms with Crippen molar-refractivity contribution >= 4 is 5.91 Å². The van der Waals surface area contributed by atoms with E-state index in [-0.39, 0.29) is 24.7 Å². The lowest BCUT2D eigenvalue weighted by atomic mass is 9.81. The van der Waals surface area contributed by atoms with E-state index in [4.69, 9.17) is 5.73 Å². The molecule has 7 heteroatoms. The van der Waals surface area contributed by atoms with Crippen LogP contribution in [0, 0.1) is 5.41 Å². The van der Waals surface area contributed by atoms with Crippen molar-refractivity contribution in [3.8, 4) is 5.75 Å². The van der Waals surface area contributed by atoms with Gasteiger partial charge in [-0.3, -0.25) is 4.79 Å². The zero-order valence-electron chi connectivity index (χ0n) is 13.6. The molecule has 0 aliphatic heterocycles. The van der Waals surface area contributed by atoms with Crippen LogP contribution in [0.25, 0.3) is 0 Å². The number of rotatable bonds is 7. The maximum Gasteiger partial charge on any atom is 0.573 e. The summed E-state index contributed by atoms with van der Waals surface area (Å²) in [6.45, 7) is 3.97. The second-order valence-electron chi connectivity index (χ2n) is 5.51. The monoisotopic (exact) mass is 332 g/mol. The lowest BCUT2D eigenvalue weighted by Crippen LogP contribution is -2.45. The average Bonchev–Trinajstić information content (AvgIpc) is 2.50. The Kier molecular flexibility index (Phi) is 6.44. The largest absolute Gasteiger partial charge is 0.573 e. The van der Waals surface area contributed by atoms with Gasteiger partial charge in [0.1, 0.15) is 5.75 Å². The molecule has 0 aliphatic carbocycles. The number of alkyl halides is 3. The Morgan fingerprint density at radius 2 is 1.78 bits per heavy atom. The molecular weight excluding hydrogens is 309 g/mol. The van der Waals surface area contributed by atoms with Crippen molar-refractivity contribution in [2.45, 2.75) is 39.6 Å². The molecule has 1 rings (SSSR count). The van der Waals surface area contributed by atoms with Gasteiger partial charge in [0.2, 0.25) is 5.91 Å². The Bertz CT molecular complexity index is 520. The minimum Gasteiger partial charge on any atom is -0.405 e. The molecule has 0 radical (unpaired) electrons. The minimum absolute atomic E-state index is 0.0207. The van der Waals surface area contributed by atoms with Gasteiger partial charge in [-0.05, 0) is 18.9 Å². The van der Waals surface area contributed by atoms with Gasteiger partial charge in [0.15, 0.2) is 0 Å². The molecule has 0 fully saturated rings. The normalized spacial score (nSPS) is 12.1. The Hall–Kier alpha value is -1.76. The molecule has 1 aromatic carbocycles. The van der Waals surface area contributed by atoms with E-state index in [0.717, 1.165) is 0 Å². The van der Waals surface area contributed by atoms with E-state index < -0.39 is 11.8 Å². The Labute approximate surface area is 134 Å². The third-order valence-corrected chi connectivity index (χ3v) is 4.15. The lowest BCUT2D eigenvalue weighted by molar-refractivity contribution is -0.275. The zero-order chi connectivity index (χ0) is 17.7. The van der Waals surface area contributed by atoms with Gasteiger partial charge in [-0.25, -0.2) is 0 Å². The van der Waals surface area contributed by atoms with Crippen LogP contribution in [0.4, 0.5) is 13.2 Å². The van der Waals surface area contributed by atoms with Gasteiger partial charge in [0.05, 0.1) is 5.41 Å². The number of benzene rings is 1. The van der Waals surface area contributed by atoms with Crippen LogP contribution in [0.2, 0.25) is 0 Å². The van der Waals surface area contributed by atoms with Crippen LogP contribution in [0.3, 0.4) is 0 Å². The lowest BCUT2D eigenvalue weighted by Gasteiger charge is -2.33. The number of halogens is 3. The summed E-state index contributed by atoms with van der Waals surface area (Å²) in [4.78, 5) is 14.0. The van der Waals surface area contributed by atoms with Gasteiger partial charge in [-0.2, -0.15) is 0 Å². The van der Waals surface area contributed by atoms with Crippen LogP contribution in [0.1, 0.15) is 32.3 Å². The van der Waals surface area contributed by atoms with E-state index >= 15 is 0 Å². The number of hydrogen-bond donors (Lipinski definition) is 1. The Morgan fingerprint density at radius 3 is 2.26 bits per heavy atom. The first-order valence-corrected chi connectivity index (χ1v) is 7.48. The average molecular weight is 332 g/mol. The van der Waals surface area contributed by atoms with Gasteiger partial charge >= 0.3 is 6.36 Å². The molecular formula is C16H23F3N2O2. The predicted molar refractivity (Wildman–Crippen MR) is 81.7 cm³/mol. The fraction of sp³-hybridized carbons (Fsp3) is 0.562. The molecule has 0 bridgehead atoms. The maximum atomic E-state index is 12.6. The highest BCUT2D eigenvalue weighted by Crippen LogP contribution is 2.30. The summed E-state index contributed by atoms with van der Waals surface area (Å²) in [6.07, 6.45) is -3.62. The summed E-state index contributed by atoms with van der Waals surface area (Å²) >= 11 is 0. The number of nitrogens with zero attached hydrogens (tertiary/aromatic N) is 1.